The van der Waals surface area contributed by atoms with Crippen LogP contribution in [0, 0.1) is 0 Å². The van der Waals surface area contributed by atoms with Crippen LogP contribution in [-0.4, -0.2) is 5.78 Å². The normalized spacial score (nSPS) is 14.8. The Bertz CT molecular complexity index is 644. The number of rotatable bonds is 3. The van der Waals surface area contributed by atoms with Gasteiger partial charge in [0.25, 0.3) is 0 Å². The van der Waals surface area contributed by atoms with Gasteiger partial charge in [0.1, 0.15) is 0 Å². The van der Waals surface area contributed by atoms with E-state index in [0.29, 0.717) is 0 Å². The van der Waals surface area contributed by atoms with Crippen LogP contribution in [0.5, 0.6) is 0 Å². The number of benzene rings is 2. The van der Waals surface area contributed by atoms with Crippen LogP contribution >= 0.6 is 10.9 Å². The van der Waals surface area contributed by atoms with Gasteiger partial charge in [-0.15, -0.1) is 0 Å². The largest absolute Gasteiger partial charge is 0.289 e. The average Bonchev–Trinajstić information content (AvgIpc) is 3.01. The highest BCUT2D eigenvalue weighted by Gasteiger charge is 2.15. The monoisotopic (exact) mass is 266 g/mol. The molecule has 0 spiro atoms. The molecule has 1 nitrogen and oxygen atoms in total. The van der Waals surface area contributed by atoms with Crippen molar-refractivity contribution in [3.8, 4) is 0 Å². The maximum Gasteiger partial charge on any atom is 0.194 e. The molecule has 0 radical (unpaired) electrons. The van der Waals surface area contributed by atoms with Crippen LogP contribution in [0.25, 0.3) is 0 Å². The van der Waals surface area contributed by atoms with E-state index in [2.05, 4.69) is 29.0 Å². The van der Waals surface area contributed by atoms with Crippen LogP contribution in [0.15, 0.2) is 82.5 Å². The van der Waals surface area contributed by atoms with Gasteiger partial charge in [0, 0.05) is 16.0 Å². The Labute approximate surface area is 115 Å². The minimum Gasteiger partial charge on any atom is -0.289 e. The molecular formula is C17H14OS. The lowest BCUT2D eigenvalue weighted by atomic mass is 10.0. The first kappa shape index (κ1) is 12.0. The second-order valence-corrected chi connectivity index (χ2v) is 6.20. The molecule has 0 bridgehead atoms. The van der Waals surface area contributed by atoms with Gasteiger partial charge in [-0.25, -0.2) is 0 Å². The van der Waals surface area contributed by atoms with Crippen molar-refractivity contribution < 1.29 is 4.79 Å². The van der Waals surface area contributed by atoms with E-state index in [-0.39, 0.29) is 5.78 Å². The van der Waals surface area contributed by atoms with Gasteiger partial charge in [-0.2, -0.15) is 10.9 Å². The molecule has 0 N–H and O–H groups in total. The summed E-state index contributed by atoms with van der Waals surface area (Å²) in [6, 6.07) is 17.4. The summed E-state index contributed by atoms with van der Waals surface area (Å²) < 4.78 is 0. The SMILES string of the molecule is O=C(c1ccccc1)c1ccccc1[SH]1C=CC=C1. The summed E-state index contributed by atoms with van der Waals surface area (Å²) in [6.45, 7) is 0. The van der Waals surface area contributed by atoms with Crippen LogP contribution in [0.4, 0.5) is 0 Å². The molecule has 0 atom stereocenters. The van der Waals surface area contributed by atoms with Crippen molar-refractivity contribution in [2.75, 3.05) is 0 Å². The van der Waals surface area contributed by atoms with Crippen LogP contribution < -0.4 is 0 Å². The topological polar surface area (TPSA) is 17.1 Å². The predicted octanol–water partition coefficient (Wildman–Crippen LogP) is 4.32. The molecule has 2 aromatic rings. The molecule has 2 heteroatoms. The van der Waals surface area contributed by atoms with Gasteiger partial charge >= 0.3 is 0 Å². The summed E-state index contributed by atoms with van der Waals surface area (Å²) in [5.41, 5.74) is 1.56. The summed E-state index contributed by atoms with van der Waals surface area (Å²) in [7, 11) is -0.466. The molecule has 0 saturated heterocycles. The fourth-order valence-corrected chi connectivity index (χ4v) is 3.83. The first-order valence-electron chi connectivity index (χ1n) is 6.18. The summed E-state index contributed by atoms with van der Waals surface area (Å²) in [6.07, 6.45) is 4.10. The van der Waals surface area contributed by atoms with Crippen LogP contribution in [0.1, 0.15) is 15.9 Å². The van der Waals surface area contributed by atoms with Crippen LogP contribution in [-0.2, 0) is 0 Å². The predicted molar refractivity (Wildman–Crippen MR) is 81.8 cm³/mol. The number of hydrogen-bond acceptors (Lipinski definition) is 1. The zero-order valence-corrected chi connectivity index (χ0v) is 11.3. The van der Waals surface area contributed by atoms with Gasteiger partial charge in [-0.1, -0.05) is 54.6 Å². The Morgan fingerprint density at radius 2 is 1.42 bits per heavy atom. The summed E-state index contributed by atoms with van der Waals surface area (Å²) in [5, 5.41) is 4.35. The van der Waals surface area contributed by atoms with Gasteiger partial charge in [0.05, 0.1) is 0 Å². The second kappa shape index (κ2) is 5.29. The minimum absolute atomic E-state index is 0.104. The summed E-state index contributed by atoms with van der Waals surface area (Å²) in [5.74, 6) is 0.104. The fourth-order valence-electron chi connectivity index (χ4n) is 2.13. The maximum atomic E-state index is 12.6. The van der Waals surface area contributed by atoms with Crippen molar-refractivity contribution in [2.24, 2.45) is 0 Å². The van der Waals surface area contributed by atoms with Gasteiger partial charge in [0.15, 0.2) is 5.78 Å². The van der Waals surface area contributed by atoms with Crippen molar-refractivity contribution in [3.63, 3.8) is 0 Å². The number of carbonyl (C=O) groups is 1. The lowest BCUT2D eigenvalue weighted by molar-refractivity contribution is 0.103. The molecule has 0 aromatic heterocycles. The number of ketones is 1. The van der Waals surface area contributed by atoms with E-state index in [0.717, 1.165) is 16.0 Å². The summed E-state index contributed by atoms with van der Waals surface area (Å²) >= 11 is 0. The molecule has 19 heavy (non-hydrogen) atoms. The van der Waals surface area contributed by atoms with Crippen molar-refractivity contribution >= 4 is 16.7 Å². The zero-order valence-electron chi connectivity index (χ0n) is 10.4. The second-order valence-electron chi connectivity index (χ2n) is 4.30. The Kier molecular flexibility index (Phi) is 3.34. The maximum absolute atomic E-state index is 12.6. The van der Waals surface area contributed by atoms with E-state index in [4.69, 9.17) is 0 Å². The Morgan fingerprint density at radius 3 is 2.16 bits per heavy atom. The van der Waals surface area contributed by atoms with Crippen molar-refractivity contribution in [3.05, 3.63) is 88.7 Å². The third-order valence-corrected chi connectivity index (χ3v) is 5.00. The zero-order chi connectivity index (χ0) is 13.1. The van der Waals surface area contributed by atoms with E-state index in [9.17, 15) is 4.79 Å². The van der Waals surface area contributed by atoms with Crippen molar-refractivity contribution in [1.29, 1.82) is 0 Å². The van der Waals surface area contributed by atoms with Crippen LogP contribution in [0.3, 0.4) is 0 Å². The van der Waals surface area contributed by atoms with Crippen molar-refractivity contribution in [2.45, 2.75) is 4.90 Å². The number of carbonyl (C=O) groups excluding carboxylic acids is 1. The van der Waals surface area contributed by atoms with E-state index in [1.54, 1.807) is 0 Å². The molecular weight excluding hydrogens is 252 g/mol. The van der Waals surface area contributed by atoms with E-state index in [1.165, 1.54) is 0 Å². The van der Waals surface area contributed by atoms with E-state index < -0.39 is 10.9 Å². The highest BCUT2D eigenvalue weighted by atomic mass is 32.2. The van der Waals surface area contributed by atoms with Gasteiger partial charge in [0.2, 0.25) is 0 Å². The molecule has 1 aliphatic heterocycles. The van der Waals surface area contributed by atoms with Gasteiger partial charge < -0.3 is 0 Å². The molecule has 0 fully saturated rings. The number of hydrogen-bond donors (Lipinski definition) is 1. The molecule has 0 saturated carbocycles. The van der Waals surface area contributed by atoms with Crippen molar-refractivity contribution in [1.82, 2.24) is 0 Å². The first-order valence-corrected chi connectivity index (χ1v) is 7.66. The molecule has 1 heterocycles. The quantitative estimate of drug-likeness (QED) is 0.647. The highest BCUT2D eigenvalue weighted by molar-refractivity contribution is 8.22. The lowest BCUT2D eigenvalue weighted by Crippen LogP contribution is -2.03. The first-order chi connectivity index (χ1) is 9.36. The van der Waals surface area contributed by atoms with E-state index in [1.807, 2.05) is 48.5 Å². The molecule has 0 amide bonds. The summed E-state index contributed by atoms with van der Waals surface area (Å²) in [4.78, 5) is 13.7. The Balaban J connectivity index is 2.03. The standard InChI is InChI=1S/C17H14OS/c18-17(14-8-2-1-3-9-14)15-10-4-5-11-16(15)19-12-6-7-13-19/h1-13,19H. The van der Waals surface area contributed by atoms with Gasteiger partial charge in [-0.3, -0.25) is 4.79 Å². The fraction of sp³-hybridized carbons (Fsp3) is 0. The molecule has 0 aliphatic carbocycles. The molecule has 2 aromatic carbocycles. The highest BCUT2D eigenvalue weighted by Crippen LogP contribution is 2.44. The Morgan fingerprint density at radius 1 is 0.789 bits per heavy atom. The third kappa shape index (κ3) is 2.40. The van der Waals surface area contributed by atoms with E-state index >= 15 is 0 Å². The number of thiol groups is 1. The molecule has 3 rings (SSSR count). The Hall–Kier alpha value is -2.06. The average molecular weight is 266 g/mol. The lowest BCUT2D eigenvalue weighted by Gasteiger charge is -2.15. The molecule has 1 aliphatic rings. The van der Waals surface area contributed by atoms with Crippen LogP contribution in [0.2, 0.25) is 0 Å². The third-order valence-electron chi connectivity index (χ3n) is 3.07. The minimum atomic E-state index is -0.466. The van der Waals surface area contributed by atoms with Gasteiger partial charge in [-0.05, 0) is 22.9 Å². The molecule has 94 valence electrons. The smallest absolute Gasteiger partial charge is 0.194 e. The number of allylic oxidation sites excluding steroid dienone is 2. The molecule has 0 unspecified atom stereocenters.